The fourth-order valence-electron chi connectivity index (χ4n) is 2.50. The molecule has 0 saturated carbocycles. The van der Waals surface area contributed by atoms with E-state index >= 15 is 0 Å². The first-order valence-electron chi connectivity index (χ1n) is 7.56. The Morgan fingerprint density at radius 1 is 1.27 bits per heavy atom. The first-order valence-corrected chi connectivity index (χ1v) is 7.56. The van der Waals surface area contributed by atoms with E-state index < -0.39 is 0 Å². The van der Waals surface area contributed by atoms with Gasteiger partial charge >= 0.3 is 0 Å². The highest BCUT2D eigenvalue weighted by Gasteiger charge is 2.07. The van der Waals surface area contributed by atoms with Crippen molar-refractivity contribution in [3.8, 4) is 0 Å². The summed E-state index contributed by atoms with van der Waals surface area (Å²) >= 11 is 0. The van der Waals surface area contributed by atoms with Crippen LogP contribution in [0.3, 0.4) is 0 Å². The molecule has 3 rings (SSSR count). The smallest absolute Gasteiger partial charge is 0.251 e. The van der Waals surface area contributed by atoms with Crippen LogP contribution in [0.5, 0.6) is 0 Å². The Morgan fingerprint density at radius 2 is 2.09 bits per heavy atom. The second kappa shape index (κ2) is 6.43. The maximum Gasteiger partial charge on any atom is 0.251 e. The van der Waals surface area contributed by atoms with E-state index in [9.17, 15) is 4.79 Å². The summed E-state index contributed by atoms with van der Waals surface area (Å²) in [6.07, 6.45) is 5.64. The number of fused-ring (bicyclic) bond motifs is 1. The summed E-state index contributed by atoms with van der Waals surface area (Å²) in [6.45, 7) is 2.73. The number of nitrogens with zero attached hydrogens (tertiary/aromatic N) is 1. The van der Waals surface area contributed by atoms with Gasteiger partial charge in [-0.15, -0.1) is 0 Å². The Hall–Kier alpha value is -2.62. The number of aromatic amines is 1. The highest BCUT2D eigenvalue weighted by molar-refractivity contribution is 5.94. The lowest BCUT2D eigenvalue weighted by molar-refractivity contribution is 0.0954. The molecule has 0 aliphatic carbocycles. The number of hydrogen-bond acceptors (Lipinski definition) is 2. The number of aromatic nitrogens is 2. The zero-order chi connectivity index (χ0) is 15.4. The number of carbonyl (C=O) groups is 1. The van der Waals surface area contributed by atoms with Crippen LogP contribution in [0.25, 0.3) is 11.0 Å². The largest absolute Gasteiger partial charge is 0.352 e. The summed E-state index contributed by atoms with van der Waals surface area (Å²) in [5.74, 6) is -0.0344. The van der Waals surface area contributed by atoms with Gasteiger partial charge in [-0.3, -0.25) is 4.79 Å². The lowest BCUT2D eigenvalue weighted by Gasteiger charge is -2.05. The van der Waals surface area contributed by atoms with Crippen molar-refractivity contribution in [2.24, 2.45) is 0 Å². The zero-order valence-electron chi connectivity index (χ0n) is 12.6. The number of amides is 1. The minimum atomic E-state index is -0.0344. The molecule has 0 aliphatic heterocycles. The highest BCUT2D eigenvalue weighted by Crippen LogP contribution is 2.18. The number of pyridine rings is 1. The number of H-pyrrole nitrogens is 1. The molecule has 0 atom stereocenters. The summed E-state index contributed by atoms with van der Waals surface area (Å²) in [7, 11) is 0. The first kappa shape index (κ1) is 14.3. The van der Waals surface area contributed by atoms with Crippen molar-refractivity contribution in [3.05, 3.63) is 65.5 Å². The fourth-order valence-corrected chi connectivity index (χ4v) is 2.50. The van der Waals surface area contributed by atoms with Crippen molar-refractivity contribution < 1.29 is 4.79 Å². The van der Waals surface area contributed by atoms with E-state index in [2.05, 4.69) is 28.3 Å². The van der Waals surface area contributed by atoms with Crippen LogP contribution in [0, 0.1) is 0 Å². The fraction of sp³-hybridized carbons (Fsp3) is 0.222. The van der Waals surface area contributed by atoms with E-state index in [1.807, 2.05) is 42.7 Å². The molecule has 0 fully saturated rings. The van der Waals surface area contributed by atoms with Crippen molar-refractivity contribution >= 4 is 16.9 Å². The van der Waals surface area contributed by atoms with Crippen LogP contribution in [-0.4, -0.2) is 22.4 Å². The molecule has 0 aliphatic rings. The molecule has 0 saturated heterocycles. The van der Waals surface area contributed by atoms with Gasteiger partial charge in [0.25, 0.3) is 5.91 Å². The number of hydrogen-bond donors (Lipinski definition) is 2. The predicted octanol–water partition coefficient (Wildman–Crippen LogP) is 3.10. The van der Waals surface area contributed by atoms with Crippen LogP contribution < -0.4 is 5.32 Å². The number of aryl methyl sites for hydroxylation is 1. The average Bonchev–Trinajstić information content (AvgIpc) is 2.98. The standard InChI is InChI=1S/C18H19N3O/c1-2-13-10-16-15(12-21-17(16)20-11-13)8-9-19-18(22)14-6-4-3-5-7-14/h3-7,10-12H,2,8-9H2,1H3,(H,19,22)(H,20,21). The van der Waals surface area contributed by atoms with Crippen molar-refractivity contribution in [1.29, 1.82) is 0 Å². The molecule has 0 spiro atoms. The van der Waals surface area contributed by atoms with E-state index in [4.69, 9.17) is 0 Å². The summed E-state index contributed by atoms with van der Waals surface area (Å²) in [6, 6.07) is 11.4. The minimum absolute atomic E-state index is 0.0344. The third kappa shape index (κ3) is 3.01. The van der Waals surface area contributed by atoms with Crippen LogP contribution >= 0.6 is 0 Å². The average molecular weight is 293 g/mol. The first-order chi connectivity index (χ1) is 10.8. The molecule has 112 valence electrons. The highest BCUT2D eigenvalue weighted by atomic mass is 16.1. The van der Waals surface area contributed by atoms with Crippen LogP contribution in [-0.2, 0) is 12.8 Å². The Balaban J connectivity index is 1.65. The van der Waals surface area contributed by atoms with Crippen molar-refractivity contribution in [1.82, 2.24) is 15.3 Å². The molecule has 1 amide bonds. The van der Waals surface area contributed by atoms with Crippen LogP contribution in [0.15, 0.2) is 48.8 Å². The van der Waals surface area contributed by atoms with Crippen molar-refractivity contribution in [2.45, 2.75) is 19.8 Å². The molecule has 3 aromatic rings. The third-order valence-corrected chi connectivity index (χ3v) is 3.80. The predicted molar refractivity (Wildman–Crippen MR) is 88.0 cm³/mol. The molecular formula is C18H19N3O. The van der Waals surface area contributed by atoms with E-state index in [1.165, 1.54) is 11.1 Å². The number of rotatable bonds is 5. The SMILES string of the molecule is CCc1cnc2[nH]cc(CCNC(=O)c3ccccc3)c2c1. The van der Waals surface area contributed by atoms with Gasteiger partial charge in [0.05, 0.1) is 0 Å². The van der Waals surface area contributed by atoms with Gasteiger partial charge in [0.2, 0.25) is 0 Å². The van der Waals surface area contributed by atoms with Gasteiger partial charge in [0, 0.05) is 29.9 Å². The Bertz CT molecular complexity index is 777. The lowest BCUT2D eigenvalue weighted by Crippen LogP contribution is -2.25. The summed E-state index contributed by atoms with van der Waals surface area (Å²) in [5.41, 5.74) is 4.01. The second-order valence-electron chi connectivity index (χ2n) is 5.28. The Kier molecular flexibility index (Phi) is 4.19. The number of benzene rings is 1. The Labute approximate surface area is 129 Å². The van der Waals surface area contributed by atoms with E-state index in [0.29, 0.717) is 12.1 Å². The maximum atomic E-state index is 12.0. The van der Waals surface area contributed by atoms with Gasteiger partial charge in [0.1, 0.15) is 5.65 Å². The Morgan fingerprint density at radius 3 is 2.86 bits per heavy atom. The van der Waals surface area contributed by atoms with Gasteiger partial charge in [-0.2, -0.15) is 0 Å². The summed E-state index contributed by atoms with van der Waals surface area (Å²) in [5, 5.41) is 4.10. The quantitative estimate of drug-likeness (QED) is 0.759. The summed E-state index contributed by atoms with van der Waals surface area (Å²) in [4.78, 5) is 19.6. The molecule has 4 heteroatoms. The van der Waals surface area contributed by atoms with Crippen molar-refractivity contribution in [2.75, 3.05) is 6.54 Å². The number of carbonyl (C=O) groups excluding carboxylic acids is 1. The zero-order valence-corrected chi connectivity index (χ0v) is 12.6. The molecular weight excluding hydrogens is 274 g/mol. The molecule has 4 nitrogen and oxygen atoms in total. The lowest BCUT2D eigenvalue weighted by atomic mass is 10.1. The van der Waals surface area contributed by atoms with Crippen molar-refractivity contribution in [3.63, 3.8) is 0 Å². The van der Waals surface area contributed by atoms with Crippen LogP contribution in [0.4, 0.5) is 0 Å². The van der Waals surface area contributed by atoms with Gasteiger partial charge in [0.15, 0.2) is 0 Å². The third-order valence-electron chi connectivity index (χ3n) is 3.80. The molecule has 2 aromatic heterocycles. The molecule has 2 N–H and O–H groups in total. The topological polar surface area (TPSA) is 57.8 Å². The van der Waals surface area contributed by atoms with Crippen LogP contribution in [0.1, 0.15) is 28.4 Å². The van der Waals surface area contributed by atoms with Gasteiger partial charge in [-0.1, -0.05) is 25.1 Å². The van der Waals surface area contributed by atoms with Gasteiger partial charge < -0.3 is 10.3 Å². The maximum absolute atomic E-state index is 12.0. The normalized spacial score (nSPS) is 10.8. The molecule has 0 bridgehead atoms. The van der Waals surface area contributed by atoms with E-state index in [0.717, 1.165) is 23.9 Å². The van der Waals surface area contributed by atoms with E-state index in [-0.39, 0.29) is 5.91 Å². The molecule has 22 heavy (non-hydrogen) atoms. The molecule has 2 heterocycles. The molecule has 1 aromatic carbocycles. The van der Waals surface area contributed by atoms with Gasteiger partial charge in [-0.25, -0.2) is 4.98 Å². The molecule has 0 unspecified atom stereocenters. The minimum Gasteiger partial charge on any atom is -0.352 e. The van der Waals surface area contributed by atoms with Crippen LogP contribution in [0.2, 0.25) is 0 Å². The second-order valence-corrected chi connectivity index (χ2v) is 5.28. The number of nitrogens with one attached hydrogen (secondary N) is 2. The van der Waals surface area contributed by atoms with Gasteiger partial charge in [-0.05, 0) is 42.2 Å². The summed E-state index contributed by atoms with van der Waals surface area (Å²) < 4.78 is 0. The van der Waals surface area contributed by atoms with E-state index in [1.54, 1.807) is 0 Å². The molecule has 0 radical (unpaired) electrons. The monoisotopic (exact) mass is 293 g/mol.